The van der Waals surface area contributed by atoms with Gasteiger partial charge in [0.25, 0.3) is 0 Å². The highest BCUT2D eigenvalue weighted by atomic mass is 35.5. The van der Waals surface area contributed by atoms with Crippen LogP contribution in [-0.2, 0) is 4.79 Å². The molecular weight excluding hydrogens is 412 g/mol. The van der Waals surface area contributed by atoms with Crippen molar-refractivity contribution in [2.75, 3.05) is 10.2 Å². The standard InChI is InChI=1S/C25H23ClN2O3/c1-15-13-23(27-21-10-8-20(26)9-11-21)22-14-19(7-12-24(22)28(15)16(2)29)17-3-5-18(6-4-17)25(30)31/h3-12,14-15,23,27H,13H2,1-2H3,(H,30,31)/t15-,23+/m1/s1. The molecule has 0 radical (unpaired) electrons. The van der Waals surface area contributed by atoms with Gasteiger partial charge in [0.15, 0.2) is 0 Å². The van der Waals surface area contributed by atoms with Crippen molar-refractivity contribution in [2.24, 2.45) is 0 Å². The Bertz CT molecular complexity index is 1130. The molecule has 0 fully saturated rings. The van der Waals surface area contributed by atoms with Crippen molar-refractivity contribution in [1.29, 1.82) is 0 Å². The van der Waals surface area contributed by atoms with Gasteiger partial charge < -0.3 is 15.3 Å². The van der Waals surface area contributed by atoms with Crippen LogP contribution < -0.4 is 10.2 Å². The number of amides is 1. The number of aromatic carboxylic acids is 1. The Morgan fingerprint density at radius 3 is 2.26 bits per heavy atom. The Morgan fingerprint density at radius 2 is 1.65 bits per heavy atom. The van der Waals surface area contributed by atoms with E-state index in [1.165, 1.54) is 0 Å². The predicted octanol–water partition coefficient (Wildman–Crippen LogP) is 6.00. The highest BCUT2D eigenvalue weighted by Gasteiger charge is 2.32. The zero-order valence-electron chi connectivity index (χ0n) is 17.3. The maximum absolute atomic E-state index is 12.4. The lowest BCUT2D eigenvalue weighted by Crippen LogP contribution is -2.43. The summed E-state index contributed by atoms with van der Waals surface area (Å²) in [6, 6.07) is 20.5. The number of carbonyl (C=O) groups is 2. The second kappa shape index (κ2) is 8.44. The van der Waals surface area contributed by atoms with E-state index in [-0.39, 0.29) is 23.6 Å². The summed E-state index contributed by atoms with van der Waals surface area (Å²) >= 11 is 6.02. The first-order valence-electron chi connectivity index (χ1n) is 10.1. The molecule has 2 atom stereocenters. The average molecular weight is 435 g/mol. The highest BCUT2D eigenvalue weighted by Crippen LogP contribution is 2.41. The van der Waals surface area contributed by atoms with E-state index >= 15 is 0 Å². The van der Waals surface area contributed by atoms with Crippen LogP contribution in [0.25, 0.3) is 11.1 Å². The molecule has 31 heavy (non-hydrogen) atoms. The van der Waals surface area contributed by atoms with Crippen molar-refractivity contribution in [3.05, 3.63) is 82.9 Å². The molecule has 1 aliphatic heterocycles. The van der Waals surface area contributed by atoms with Crippen LogP contribution in [-0.4, -0.2) is 23.0 Å². The minimum atomic E-state index is -0.949. The summed E-state index contributed by atoms with van der Waals surface area (Å²) in [6.07, 6.45) is 0.761. The fourth-order valence-electron chi connectivity index (χ4n) is 4.21. The number of nitrogens with zero attached hydrogens (tertiary/aromatic N) is 1. The number of hydrogen-bond acceptors (Lipinski definition) is 3. The third kappa shape index (κ3) is 4.28. The first kappa shape index (κ1) is 20.9. The van der Waals surface area contributed by atoms with Gasteiger partial charge in [-0.3, -0.25) is 4.79 Å². The van der Waals surface area contributed by atoms with Crippen LogP contribution >= 0.6 is 11.6 Å². The topological polar surface area (TPSA) is 69.6 Å². The minimum Gasteiger partial charge on any atom is -0.478 e. The van der Waals surface area contributed by atoms with Crippen LogP contribution in [0.5, 0.6) is 0 Å². The van der Waals surface area contributed by atoms with Gasteiger partial charge in [-0.25, -0.2) is 4.79 Å². The van der Waals surface area contributed by atoms with E-state index in [1.54, 1.807) is 31.2 Å². The maximum atomic E-state index is 12.4. The molecule has 3 aromatic carbocycles. The predicted molar refractivity (Wildman–Crippen MR) is 124 cm³/mol. The Labute approximate surface area is 186 Å². The second-order valence-electron chi connectivity index (χ2n) is 7.83. The number of nitrogens with one attached hydrogen (secondary N) is 1. The van der Waals surface area contributed by atoms with Crippen LogP contribution in [0.4, 0.5) is 11.4 Å². The van der Waals surface area contributed by atoms with Crippen molar-refractivity contribution < 1.29 is 14.7 Å². The summed E-state index contributed by atoms with van der Waals surface area (Å²) in [6.45, 7) is 3.64. The van der Waals surface area contributed by atoms with E-state index in [1.807, 2.05) is 41.3 Å². The summed E-state index contributed by atoms with van der Waals surface area (Å²) < 4.78 is 0. The van der Waals surface area contributed by atoms with E-state index in [4.69, 9.17) is 16.7 Å². The number of carboxylic acid groups (broad SMARTS) is 1. The lowest BCUT2D eigenvalue weighted by atomic mass is 9.88. The van der Waals surface area contributed by atoms with Crippen LogP contribution in [0, 0.1) is 0 Å². The van der Waals surface area contributed by atoms with Gasteiger partial charge in [0.05, 0.1) is 11.6 Å². The Balaban J connectivity index is 1.75. The molecule has 0 saturated carbocycles. The van der Waals surface area contributed by atoms with Crippen LogP contribution in [0.1, 0.15) is 42.2 Å². The molecule has 0 bridgehead atoms. The lowest BCUT2D eigenvalue weighted by Gasteiger charge is -2.39. The quantitative estimate of drug-likeness (QED) is 0.528. The Hall–Kier alpha value is -3.31. The van der Waals surface area contributed by atoms with Crippen molar-refractivity contribution in [1.82, 2.24) is 0 Å². The number of carboxylic acids is 1. The van der Waals surface area contributed by atoms with Gasteiger partial charge in [-0.15, -0.1) is 0 Å². The number of rotatable bonds is 4. The number of hydrogen-bond donors (Lipinski definition) is 2. The van der Waals surface area contributed by atoms with Crippen LogP contribution in [0.3, 0.4) is 0 Å². The van der Waals surface area contributed by atoms with Gasteiger partial charge in [-0.2, -0.15) is 0 Å². The van der Waals surface area contributed by atoms with Crippen molar-refractivity contribution >= 4 is 34.9 Å². The van der Waals surface area contributed by atoms with Gasteiger partial charge in [-0.1, -0.05) is 29.8 Å². The third-order valence-electron chi connectivity index (χ3n) is 5.67. The number of benzene rings is 3. The lowest BCUT2D eigenvalue weighted by molar-refractivity contribution is -0.117. The van der Waals surface area contributed by atoms with Gasteiger partial charge >= 0.3 is 5.97 Å². The SMILES string of the molecule is CC(=O)N1c2ccc(-c3ccc(C(=O)O)cc3)cc2[C@@H](Nc2ccc(Cl)cc2)C[C@H]1C. The van der Waals surface area contributed by atoms with E-state index < -0.39 is 5.97 Å². The monoisotopic (exact) mass is 434 g/mol. The average Bonchev–Trinajstić information content (AvgIpc) is 2.75. The fraction of sp³-hybridized carbons (Fsp3) is 0.200. The Morgan fingerprint density at radius 1 is 1.00 bits per heavy atom. The third-order valence-corrected chi connectivity index (χ3v) is 5.92. The summed E-state index contributed by atoms with van der Waals surface area (Å²) in [5.41, 5.74) is 5.02. The summed E-state index contributed by atoms with van der Waals surface area (Å²) in [5.74, 6) is -0.937. The smallest absolute Gasteiger partial charge is 0.335 e. The number of anilines is 2. The van der Waals surface area contributed by atoms with Gasteiger partial charge in [0.2, 0.25) is 5.91 Å². The molecular formula is C25H23ClN2O3. The molecule has 1 aliphatic rings. The normalized spacial score (nSPS) is 17.7. The molecule has 4 rings (SSSR count). The number of carbonyl (C=O) groups excluding carboxylic acids is 1. The molecule has 6 heteroatoms. The molecule has 0 spiro atoms. The summed E-state index contributed by atoms with van der Waals surface area (Å²) in [4.78, 5) is 25.4. The molecule has 0 unspecified atom stereocenters. The van der Waals surface area contributed by atoms with Gasteiger partial charge in [0.1, 0.15) is 0 Å². The molecule has 0 aliphatic carbocycles. The second-order valence-corrected chi connectivity index (χ2v) is 8.27. The van der Waals surface area contributed by atoms with Crippen LogP contribution in [0.2, 0.25) is 5.02 Å². The van der Waals surface area contributed by atoms with Gasteiger partial charge in [-0.05, 0) is 78.6 Å². The van der Waals surface area contributed by atoms with Crippen molar-refractivity contribution in [3.63, 3.8) is 0 Å². The van der Waals surface area contributed by atoms with Gasteiger partial charge in [0, 0.05) is 29.4 Å². The molecule has 0 saturated heterocycles. The highest BCUT2D eigenvalue weighted by molar-refractivity contribution is 6.30. The first-order chi connectivity index (χ1) is 14.8. The van der Waals surface area contributed by atoms with E-state index in [9.17, 15) is 9.59 Å². The number of halogens is 1. The largest absolute Gasteiger partial charge is 0.478 e. The Kier molecular flexibility index (Phi) is 5.70. The van der Waals surface area contributed by atoms with Crippen molar-refractivity contribution in [3.8, 4) is 11.1 Å². The molecule has 158 valence electrons. The first-order valence-corrected chi connectivity index (χ1v) is 10.5. The van der Waals surface area contributed by atoms with Crippen molar-refractivity contribution in [2.45, 2.75) is 32.4 Å². The van der Waals surface area contributed by atoms with Crippen LogP contribution in [0.15, 0.2) is 66.7 Å². The molecule has 2 N–H and O–H groups in total. The minimum absolute atomic E-state index is 0.0113. The molecule has 0 aromatic heterocycles. The van der Waals surface area contributed by atoms with E-state index in [2.05, 4.69) is 18.3 Å². The fourth-order valence-corrected chi connectivity index (χ4v) is 4.34. The van der Waals surface area contributed by atoms with E-state index in [0.717, 1.165) is 34.5 Å². The summed E-state index contributed by atoms with van der Waals surface area (Å²) in [5, 5.41) is 13.4. The molecule has 1 amide bonds. The molecule has 1 heterocycles. The maximum Gasteiger partial charge on any atom is 0.335 e. The zero-order valence-corrected chi connectivity index (χ0v) is 18.1. The molecule has 3 aromatic rings. The summed E-state index contributed by atoms with van der Waals surface area (Å²) in [7, 11) is 0. The zero-order chi connectivity index (χ0) is 22.1. The number of fused-ring (bicyclic) bond motifs is 1. The van der Waals surface area contributed by atoms with E-state index in [0.29, 0.717) is 5.02 Å². The molecule has 5 nitrogen and oxygen atoms in total.